The van der Waals surface area contributed by atoms with Gasteiger partial charge in [0.05, 0.1) is 6.10 Å². The Morgan fingerprint density at radius 2 is 1.85 bits per heavy atom. The van der Waals surface area contributed by atoms with Gasteiger partial charge in [0.1, 0.15) is 0 Å². The van der Waals surface area contributed by atoms with Gasteiger partial charge in [-0.2, -0.15) is 0 Å². The van der Waals surface area contributed by atoms with E-state index in [2.05, 4.69) is 11.0 Å². The molecule has 5 rings (SSSR count). The molecule has 0 spiro atoms. The summed E-state index contributed by atoms with van der Waals surface area (Å²) < 4.78 is 2.00. The standard InChI is InChI=1S/C21H29N3O3/c25-18-8-16(9-18)20(26)23-10-14-7-17(13-23)19-4-3-15(21(27)24(19)11-14)12-22-5-1-2-6-22/h3-4,14,16-18,25H,1-2,5-13H2/t14-,16?,17+,18?/m0/s1. The number of rotatable bonds is 3. The van der Waals surface area contributed by atoms with Crippen molar-refractivity contribution in [2.24, 2.45) is 11.8 Å². The number of likely N-dealkylation sites (tertiary alicyclic amines) is 2. The fourth-order valence-corrected chi connectivity index (χ4v) is 5.52. The lowest BCUT2D eigenvalue weighted by atomic mass is 9.78. The molecule has 0 aromatic carbocycles. The van der Waals surface area contributed by atoms with Gasteiger partial charge in [0, 0.05) is 49.3 Å². The molecule has 3 fully saturated rings. The van der Waals surface area contributed by atoms with Gasteiger partial charge in [-0.1, -0.05) is 6.07 Å². The highest BCUT2D eigenvalue weighted by molar-refractivity contribution is 5.80. The molecule has 4 heterocycles. The van der Waals surface area contributed by atoms with Crippen LogP contribution in [0.2, 0.25) is 0 Å². The molecule has 2 saturated heterocycles. The van der Waals surface area contributed by atoms with E-state index in [0.29, 0.717) is 25.3 Å². The Labute approximate surface area is 159 Å². The van der Waals surface area contributed by atoms with Crippen molar-refractivity contribution in [3.63, 3.8) is 0 Å². The van der Waals surface area contributed by atoms with Gasteiger partial charge in [0.25, 0.3) is 5.56 Å². The van der Waals surface area contributed by atoms with E-state index in [1.807, 2.05) is 15.5 Å². The van der Waals surface area contributed by atoms with Crippen molar-refractivity contribution >= 4 is 5.91 Å². The van der Waals surface area contributed by atoms with Gasteiger partial charge >= 0.3 is 0 Å². The van der Waals surface area contributed by atoms with Crippen molar-refractivity contribution in [3.05, 3.63) is 33.7 Å². The molecule has 1 aromatic rings. The van der Waals surface area contributed by atoms with Crippen LogP contribution in [0, 0.1) is 11.8 Å². The molecule has 1 saturated carbocycles. The molecule has 1 aromatic heterocycles. The summed E-state index contributed by atoms with van der Waals surface area (Å²) in [6.45, 7) is 5.16. The maximum Gasteiger partial charge on any atom is 0.255 e. The molecule has 6 nitrogen and oxygen atoms in total. The highest BCUT2D eigenvalue weighted by Gasteiger charge is 2.41. The number of fused-ring (bicyclic) bond motifs is 4. The summed E-state index contributed by atoms with van der Waals surface area (Å²) in [6.07, 6.45) is 4.47. The number of amides is 1. The second-order valence-corrected chi connectivity index (χ2v) is 9.05. The molecule has 1 N–H and O–H groups in total. The zero-order valence-electron chi connectivity index (χ0n) is 15.8. The van der Waals surface area contributed by atoms with Crippen molar-refractivity contribution in [2.75, 3.05) is 26.2 Å². The van der Waals surface area contributed by atoms with Crippen LogP contribution in [-0.4, -0.2) is 57.7 Å². The van der Waals surface area contributed by atoms with E-state index < -0.39 is 0 Å². The van der Waals surface area contributed by atoms with Gasteiger partial charge in [-0.15, -0.1) is 0 Å². The number of carbonyl (C=O) groups is 1. The lowest BCUT2D eigenvalue weighted by Crippen LogP contribution is -2.52. The zero-order chi connectivity index (χ0) is 18.5. The number of aromatic nitrogens is 1. The SMILES string of the molecule is O=C(C1CC(O)C1)N1C[C@@H]2C[C@H](C1)c1ccc(CN3CCCC3)c(=O)n1C2. The average molecular weight is 371 g/mol. The van der Waals surface area contributed by atoms with Gasteiger partial charge in [0.15, 0.2) is 0 Å². The summed E-state index contributed by atoms with van der Waals surface area (Å²) in [4.78, 5) is 30.2. The van der Waals surface area contributed by atoms with Crippen LogP contribution in [0.15, 0.2) is 16.9 Å². The van der Waals surface area contributed by atoms with Crippen LogP contribution in [0.3, 0.4) is 0 Å². The fraction of sp³-hybridized carbons (Fsp3) is 0.714. The van der Waals surface area contributed by atoms with Crippen LogP contribution in [-0.2, 0) is 17.9 Å². The molecule has 0 radical (unpaired) electrons. The summed E-state index contributed by atoms with van der Waals surface area (Å²) in [5, 5.41) is 9.50. The molecular formula is C21H29N3O3. The van der Waals surface area contributed by atoms with Gasteiger partial charge in [0.2, 0.25) is 5.91 Å². The lowest BCUT2D eigenvalue weighted by molar-refractivity contribution is -0.145. The molecule has 3 aliphatic heterocycles. The fourth-order valence-electron chi connectivity index (χ4n) is 5.52. The van der Waals surface area contributed by atoms with Crippen molar-refractivity contribution in [1.82, 2.24) is 14.4 Å². The number of hydrogen-bond donors (Lipinski definition) is 1. The number of aliphatic hydroxyl groups excluding tert-OH is 1. The van der Waals surface area contributed by atoms with E-state index in [-0.39, 0.29) is 29.4 Å². The second kappa shape index (κ2) is 6.74. The average Bonchev–Trinajstić information content (AvgIpc) is 3.14. The Balaban J connectivity index is 1.35. The maximum atomic E-state index is 13.1. The summed E-state index contributed by atoms with van der Waals surface area (Å²) in [5.41, 5.74) is 2.19. The normalized spacial score (nSPS) is 32.9. The van der Waals surface area contributed by atoms with Crippen molar-refractivity contribution in [2.45, 2.75) is 57.2 Å². The minimum absolute atomic E-state index is 0.00357. The third-order valence-corrected chi connectivity index (χ3v) is 7.05. The first kappa shape index (κ1) is 17.4. The Morgan fingerprint density at radius 3 is 2.59 bits per heavy atom. The number of hydrogen-bond acceptors (Lipinski definition) is 4. The number of nitrogens with zero attached hydrogens (tertiary/aromatic N) is 3. The first-order valence-electron chi connectivity index (χ1n) is 10.5. The van der Waals surface area contributed by atoms with E-state index in [9.17, 15) is 14.7 Å². The Morgan fingerprint density at radius 1 is 1.07 bits per heavy atom. The third kappa shape index (κ3) is 3.13. The number of piperidine rings is 1. The number of carbonyl (C=O) groups excluding carboxylic acids is 1. The van der Waals surface area contributed by atoms with Crippen molar-refractivity contribution in [3.8, 4) is 0 Å². The minimum atomic E-state index is -0.295. The smallest absolute Gasteiger partial charge is 0.255 e. The second-order valence-electron chi connectivity index (χ2n) is 9.05. The Bertz CT molecular complexity index is 792. The zero-order valence-corrected chi connectivity index (χ0v) is 15.8. The monoisotopic (exact) mass is 371 g/mol. The first-order valence-corrected chi connectivity index (χ1v) is 10.5. The molecule has 0 unspecified atom stereocenters. The van der Waals surface area contributed by atoms with Crippen LogP contribution < -0.4 is 5.56 Å². The molecule has 4 aliphatic rings. The lowest BCUT2D eigenvalue weighted by Gasteiger charge is -2.45. The van der Waals surface area contributed by atoms with E-state index >= 15 is 0 Å². The summed E-state index contributed by atoms with van der Waals surface area (Å²) in [7, 11) is 0. The molecule has 2 bridgehead atoms. The molecule has 146 valence electrons. The quantitative estimate of drug-likeness (QED) is 0.866. The number of aliphatic hydroxyl groups is 1. The highest BCUT2D eigenvalue weighted by atomic mass is 16.3. The van der Waals surface area contributed by atoms with Gasteiger partial charge in [-0.3, -0.25) is 14.5 Å². The molecule has 2 atom stereocenters. The molecule has 27 heavy (non-hydrogen) atoms. The topological polar surface area (TPSA) is 65.8 Å². The van der Waals surface area contributed by atoms with Gasteiger partial charge in [-0.25, -0.2) is 0 Å². The van der Waals surface area contributed by atoms with Crippen LogP contribution in [0.5, 0.6) is 0 Å². The van der Waals surface area contributed by atoms with Crippen LogP contribution in [0.25, 0.3) is 0 Å². The van der Waals surface area contributed by atoms with Crippen LogP contribution >= 0.6 is 0 Å². The number of pyridine rings is 1. The van der Waals surface area contributed by atoms with Crippen molar-refractivity contribution < 1.29 is 9.90 Å². The van der Waals surface area contributed by atoms with Crippen LogP contribution in [0.1, 0.15) is 49.3 Å². The van der Waals surface area contributed by atoms with E-state index in [4.69, 9.17) is 0 Å². The molecule has 1 aliphatic carbocycles. The predicted octanol–water partition coefficient (Wildman–Crippen LogP) is 1.16. The third-order valence-electron chi connectivity index (χ3n) is 7.05. The van der Waals surface area contributed by atoms with Crippen molar-refractivity contribution in [1.29, 1.82) is 0 Å². The first-order chi connectivity index (χ1) is 13.1. The summed E-state index contributed by atoms with van der Waals surface area (Å²) in [6, 6.07) is 4.16. The summed E-state index contributed by atoms with van der Waals surface area (Å²) in [5.74, 6) is 0.838. The minimum Gasteiger partial charge on any atom is -0.393 e. The molecular weight excluding hydrogens is 342 g/mol. The van der Waals surface area contributed by atoms with Crippen LogP contribution in [0.4, 0.5) is 0 Å². The Hall–Kier alpha value is -1.66. The molecule has 6 heteroatoms. The predicted molar refractivity (Wildman–Crippen MR) is 101 cm³/mol. The van der Waals surface area contributed by atoms with E-state index in [1.54, 1.807) is 0 Å². The molecule has 1 amide bonds. The van der Waals surface area contributed by atoms with Gasteiger partial charge in [-0.05, 0) is 57.2 Å². The van der Waals surface area contributed by atoms with E-state index in [1.165, 1.54) is 12.8 Å². The Kier molecular flexibility index (Phi) is 4.36. The highest BCUT2D eigenvalue weighted by Crippen LogP contribution is 2.37. The van der Waals surface area contributed by atoms with Gasteiger partial charge < -0.3 is 14.6 Å². The largest absolute Gasteiger partial charge is 0.393 e. The maximum absolute atomic E-state index is 13.1. The summed E-state index contributed by atoms with van der Waals surface area (Å²) >= 11 is 0. The van der Waals surface area contributed by atoms with E-state index in [0.717, 1.165) is 50.4 Å².